The van der Waals surface area contributed by atoms with E-state index in [1.54, 1.807) is 18.2 Å². The number of hydrogen-bond donors (Lipinski definition) is 0. The summed E-state index contributed by atoms with van der Waals surface area (Å²) in [6.07, 6.45) is 0. The number of methoxy groups -OCH3 is 1. The van der Waals surface area contributed by atoms with Gasteiger partial charge >= 0.3 is 0 Å². The minimum absolute atomic E-state index is 0.298. The van der Waals surface area contributed by atoms with Crippen LogP contribution in [0.1, 0.15) is 5.56 Å². The first-order valence-electron chi connectivity index (χ1n) is 5.35. The number of nitrogens with zero attached hydrogens (tertiary/aromatic N) is 1. The predicted octanol–water partition coefficient (Wildman–Crippen LogP) is 4.26. The standard InChI is InChI=1S/C14H9BrFNO2/c1-18-10-3-2-9(8-17)14(7-10)19-11-4-5-13(16)12(15)6-11/h2-7H,1H3. The highest BCUT2D eigenvalue weighted by atomic mass is 79.9. The molecule has 0 aliphatic rings. The Morgan fingerprint density at radius 2 is 1.89 bits per heavy atom. The molecule has 0 aromatic heterocycles. The summed E-state index contributed by atoms with van der Waals surface area (Å²) in [7, 11) is 1.53. The van der Waals surface area contributed by atoms with Crippen LogP contribution in [0.4, 0.5) is 4.39 Å². The zero-order valence-electron chi connectivity index (χ0n) is 9.98. The van der Waals surface area contributed by atoms with Crippen LogP contribution < -0.4 is 9.47 Å². The molecular formula is C14H9BrFNO2. The molecule has 2 aromatic rings. The van der Waals surface area contributed by atoms with Crippen molar-refractivity contribution in [3.8, 4) is 23.3 Å². The average molecular weight is 322 g/mol. The second kappa shape index (κ2) is 5.72. The second-order valence-corrected chi connectivity index (χ2v) is 4.51. The SMILES string of the molecule is COc1ccc(C#N)c(Oc2ccc(F)c(Br)c2)c1. The third kappa shape index (κ3) is 3.04. The number of rotatable bonds is 3. The Bertz CT molecular complexity index is 652. The fraction of sp³-hybridized carbons (Fsp3) is 0.0714. The third-order valence-electron chi connectivity index (χ3n) is 2.43. The molecule has 0 heterocycles. The molecule has 2 rings (SSSR count). The lowest BCUT2D eigenvalue weighted by Gasteiger charge is -2.09. The molecular weight excluding hydrogens is 313 g/mol. The number of hydrogen-bond acceptors (Lipinski definition) is 3. The van der Waals surface area contributed by atoms with Crippen LogP contribution in [0.25, 0.3) is 0 Å². The molecule has 0 bridgehead atoms. The lowest BCUT2D eigenvalue weighted by molar-refractivity contribution is 0.408. The molecule has 0 atom stereocenters. The molecule has 3 nitrogen and oxygen atoms in total. The van der Waals surface area contributed by atoms with Crippen LogP contribution in [0.5, 0.6) is 17.2 Å². The van der Waals surface area contributed by atoms with E-state index in [0.717, 1.165) is 0 Å². The quantitative estimate of drug-likeness (QED) is 0.848. The predicted molar refractivity (Wildman–Crippen MR) is 71.9 cm³/mol. The topological polar surface area (TPSA) is 42.2 Å². The third-order valence-corrected chi connectivity index (χ3v) is 3.04. The molecule has 0 spiro atoms. The van der Waals surface area contributed by atoms with Crippen LogP contribution in [0.3, 0.4) is 0 Å². The Balaban J connectivity index is 2.36. The maximum absolute atomic E-state index is 13.1. The van der Waals surface area contributed by atoms with E-state index in [-0.39, 0.29) is 5.82 Å². The van der Waals surface area contributed by atoms with Gasteiger partial charge in [-0.05, 0) is 46.3 Å². The van der Waals surface area contributed by atoms with Gasteiger partial charge in [0, 0.05) is 6.07 Å². The molecule has 0 N–H and O–H groups in total. The Kier molecular flexibility index (Phi) is 4.03. The Morgan fingerprint density at radius 1 is 1.16 bits per heavy atom. The Hall–Kier alpha value is -2.06. The van der Waals surface area contributed by atoms with Crippen molar-refractivity contribution >= 4 is 15.9 Å². The normalized spacial score (nSPS) is 9.79. The van der Waals surface area contributed by atoms with E-state index in [1.807, 2.05) is 6.07 Å². The van der Waals surface area contributed by atoms with Crippen molar-refractivity contribution in [2.24, 2.45) is 0 Å². The summed E-state index contributed by atoms with van der Waals surface area (Å²) in [5.74, 6) is 0.993. The number of benzene rings is 2. The van der Waals surface area contributed by atoms with E-state index in [4.69, 9.17) is 14.7 Å². The van der Waals surface area contributed by atoms with E-state index >= 15 is 0 Å². The average Bonchev–Trinajstić information content (AvgIpc) is 2.43. The van der Waals surface area contributed by atoms with Crippen molar-refractivity contribution in [3.63, 3.8) is 0 Å². The van der Waals surface area contributed by atoms with E-state index in [0.29, 0.717) is 27.3 Å². The fourth-order valence-electron chi connectivity index (χ4n) is 1.47. The van der Waals surface area contributed by atoms with Crippen LogP contribution in [-0.2, 0) is 0 Å². The minimum Gasteiger partial charge on any atom is -0.497 e. The fourth-order valence-corrected chi connectivity index (χ4v) is 1.83. The van der Waals surface area contributed by atoms with E-state index in [2.05, 4.69) is 15.9 Å². The lowest BCUT2D eigenvalue weighted by Crippen LogP contribution is -1.91. The highest BCUT2D eigenvalue weighted by molar-refractivity contribution is 9.10. The molecule has 5 heteroatoms. The van der Waals surface area contributed by atoms with Crippen molar-refractivity contribution in [1.82, 2.24) is 0 Å². The van der Waals surface area contributed by atoms with Crippen molar-refractivity contribution in [1.29, 1.82) is 5.26 Å². The molecule has 0 saturated heterocycles. The van der Waals surface area contributed by atoms with E-state index in [9.17, 15) is 4.39 Å². The highest BCUT2D eigenvalue weighted by Crippen LogP contribution is 2.31. The van der Waals surface area contributed by atoms with Gasteiger partial charge in [0.25, 0.3) is 0 Å². The number of halogens is 2. The molecule has 0 saturated carbocycles. The van der Waals surface area contributed by atoms with Crippen LogP contribution in [0.2, 0.25) is 0 Å². The molecule has 0 aliphatic heterocycles. The lowest BCUT2D eigenvalue weighted by atomic mass is 10.2. The van der Waals surface area contributed by atoms with Gasteiger partial charge in [-0.15, -0.1) is 0 Å². The summed E-state index contributed by atoms with van der Waals surface area (Å²) in [4.78, 5) is 0. The van der Waals surface area contributed by atoms with Crippen molar-refractivity contribution in [3.05, 3.63) is 52.3 Å². The van der Waals surface area contributed by atoms with E-state index in [1.165, 1.54) is 25.3 Å². The highest BCUT2D eigenvalue weighted by Gasteiger charge is 2.08. The minimum atomic E-state index is -0.376. The molecule has 0 aliphatic carbocycles. The molecule has 96 valence electrons. The maximum atomic E-state index is 13.1. The van der Waals surface area contributed by atoms with Crippen LogP contribution in [-0.4, -0.2) is 7.11 Å². The van der Waals surface area contributed by atoms with Gasteiger partial charge in [-0.3, -0.25) is 0 Å². The van der Waals surface area contributed by atoms with Gasteiger partial charge in [-0.1, -0.05) is 0 Å². The Labute approximate surface area is 118 Å². The van der Waals surface area contributed by atoms with Crippen LogP contribution in [0.15, 0.2) is 40.9 Å². The van der Waals surface area contributed by atoms with Gasteiger partial charge < -0.3 is 9.47 Å². The first-order valence-corrected chi connectivity index (χ1v) is 6.14. The van der Waals surface area contributed by atoms with Gasteiger partial charge in [0.15, 0.2) is 0 Å². The number of ether oxygens (including phenoxy) is 2. The molecule has 19 heavy (non-hydrogen) atoms. The molecule has 0 amide bonds. The summed E-state index contributed by atoms with van der Waals surface area (Å²) in [5.41, 5.74) is 0.376. The summed E-state index contributed by atoms with van der Waals surface area (Å²) >= 11 is 3.08. The van der Waals surface area contributed by atoms with Crippen molar-refractivity contribution in [2.45, 2.75) is 0 Å². The summed E-state index contributed by atoms with van der Waals surface area (Å²) < 4.78 is 24.1. The second-order valence-electron chi connectivity index (χ2n) is 3.65. The zero-order chi connectivity index (χ0) is 13.8. The first-order chi connectivity index (χ1) is 9.13. The monoisotopic (exact) mass is 321 g/mol. The van der Waals surface area contributed by atoms with Crippen LogP contribution >= 0.6 is 15.9 Å². The van der Waals surface area contributed by atoms with Gasteiger partial charge in [0.05, 0.1) is 17.1 Å². The van der Waals surface area contributed by atoms with Gasteiger partial charge in [0.2, 0.25) is 0 Å². The van der Waals surface area contributed by atoms with Gasteiger partial charge in [-0.2, -0.15) is 5.26 Å². The summed E-state index contributed by atoms with van der Waals surface area (Å²) in [6.45, 7) is 0. The number of nitriles is 1. The van der Waals surface area contributed by atoms with Gasteiger partial charge in [-0.25, -0.2) is 4.39 Å². The smallest absolute Gasteiger partial charge is 0.148 e. The molecule has 0 fully saturated rings. The Morgan fingerprint density at radius 3 is 2.53 bits per heavy atom. The molecule has 0 unspecified atom stereocenters. The van der Waals surface area contributed by atoms with E-state index < -0.39 is 0 Å². The first kappa shape index (κ1) is 13.4. The van der Waals surface area contributed by atoms with Crippen molar-refractivity contribution in [2.75, 3.05) is 7.11 Å². The summed E-state index contributed by atoms with van der Waals surface area (Å²) in [6, 6.07) is 11.2. The van der Waals surface area contributed by atoms with Crippen molar-refractivity contribution < 1.29 is 13.9 Å². The molecule has 2 aromatic carbocycles. The van der Waals surface area contributed by atoms with Crippen LogP contribution in [0, 0.1) is 17.1 Å². The zero-order valence-corrected chi connectivity index (χ0v) is 11.6. The van der Waals surface area contributed by atoms with Gasteiger partial charge in [0.1, 0.15) is 29.1 Å². The summed E-state index contributed by atoms with van der Waals surface area (Å²) in [5, 5.41) is 9.02. The maximum Gasteiger partial charge on any atom is 0.148 e. The largest absolute Gasteiger partial charge is 0.497 e. The molecule has 0 radical (unpaired) electrons.